The van der Waals surface area contributed by atoms with Crippen molar-refractivity contribution in [2.24, 2.45) is 0 Å². The van der Waals surface area contributed by atoms with Gasteiger partial charge in [0.1, 0.15) is 183 Å². The Hall–Kier alpha value is -4.13. The van der Waals surface area contributed by atoms with Gasteiger partial charge in [0.05, 0.1) is 64.5 Å². The predicted octanol–water partition coefficient (Wildman–Crippen LogP) is -17.6. The Kier molecular flexibility index (Phi) is 30.9. The normalized spacial score (nSPS) is 47.2. The Labute approximate surface area is 600 Å². The summed E-state index contributed by atoms with van der Waals surface area (Å²) in [6.07, 6.45) is -74.3. The molecular weight excluding hydrogens is 1450 g/mol. The third-order valence-electron chi connectivity index (χ3n) is 19.2. The molecular formula is C59H98N4O43. The molecule has 41 atom stereocenters. The molecule has 0 aromatic rings. The van der Waals surface area contributed by atoms with E-state index in [-0.39, 0.29) is 0 Å². The van der Waals surface area contributed by atoms with Crippen molar-refractivity contribution in [2.45, 2.75) is 292 Å². The molecule has 8 fully saturated rings. The molecule has 0 aromatic heterocycles. The number of rotatable bonds is 28. The second kappa shape index (κ2) is 37.5. The van der Waals surface area contributed by atoms with Crippen LogP contribution in [0.15, 0.2) is 0 Å². The standard InChI is InChI=1S/C59H98N4O43/c1-14-31(75)39(83)42(86)54(94-14)92-12-26-47(36(80)28(51(89)95-26)61-16(3)70)101-52-29(62-17(4)71)37(81)46(24(11-68)98-52)103-56-44(88)49(35(79)22(9-66)96-56)104-57-50(41(85)33(77)21(8-65)97-57)105-53-30(63-18(5)72)38(82)45(23(10-67)99-53)102-55-43(87)40(84)34(78)25(100-55)13-93-59(58(90)91)6-19(73)27(60-15(2)69)48(106-59)32(76)20(74)7-64/h14,19-57,64-68,73-89H,6-13H2,1-5H3,(H,60,69)(H,61,70)(H,62,71)(H,63,72)(H,90,91)/t14-,19-,20+,21+,22+,23+,24+,25+,26+,27+,28+,29+,30+,31+,32+,33+,34-,35+,36+,37+,38+,39+,40-,41-,42-,43+,44-,45+,46+,47+,48+,49-,50-,51?,52-,53-,54+,55-,56-,57+,59+/m0/s1. The van der Waals surface area contributed by atoms with Crippen LogP contribution in [0.3, 0.4) is 0 Å². The van der Waals surface area contributed by atoms with Crippen LogP contribution < -0.4 is 21.3 Å². The number of carboxylic acids is 1. The summed E-state index contributed by atoms with van der Waals surface area (Å²) in [6, 6.07) is -7.18. The summed E-state index contributed by atoms with van der Waals surface area (Å²) in [4.78, 5) is 63.0. The first kappa shape index (κ1) is 87.4. The molecule has 106 heavy (non-hydrogen) atoms. The Balaban J connectivity index is 1.00. The summed E-state index contributed by atoms with van der Waals surface area (Å²) in [6.45, 7) is -2.47. The highest BCUT2D eigenvalue weighted by Crippen LogP contribution is 2.40. The summed E-state index contributed by atoms with van der Waals surface area (Å²) < 4.78 is 87.4. The van der Waals surface area contributed by atoms with Crippen LogP contribution >= 0.6 is 0 Å². The maximum Gasteiger partial charge on any atom is 0.364 e. The quantitative estimate of drug-likeness (QED) is 0.0346. The van der Waals surface area contributed by atoms with E-state index in [1.165, 1.54) is 6.92 Å². The molecule has 612 valence electrons. The van der Waals surface area contributed by atoms with Crippen LogP contribution in [-0.2, 0) is 95.0 Å². The summed E-state index contributed by atoms with van der Waals surface area (Å²) in [5.74, 6) is -8.56. The lowest BCUT2D eigenvalue weighted by molar-refractivity contribution is -0.396. The van der Waals surface area contributed by atoms with E-state index in [4.69, 9.17) is 71.1 Å². The average molecular weight is 1550 g/mol. The van der Waals surface area contributed by atoms with Crippen LogP contribution in [0.1, 0.15) is 41.0 Å². The van der Waals surface area contributed by atoms with Crippen molar-refractivity contribution in [1.29, 1.82) is 0 Å². The Bertz CT molecular complexity index is 2860. The molecule has 0 bridgehead atoms. The highest BCUT2D eigenvalue weighted by atomic mass is 16.8. The van der Waals surface area contributed by atoms with Gasteiger partial charge in [-0.3, -0.25) is 19.2 Å². The first-order chi connectivity index (χ1) is 49.9. The van der Waals surface area contributed by atoms with Gasteiger partial charge in [-0.2, -0.15) is 0 Å². The number of hydrogen-bond acceptors (Lipinski definition) is 42. The number of hydrogen-bond donors (Lipinski definition) is 27. The second-order valence-electron chi connectivity index (χ2n) is 26.8. The topological polar surface area (TPSA) is 737 Å². The maximum atomic E-state index is 12.9. The Morgan fingerprint density at radius 1 is 0.406 bits per heavy atom. The van der Waals surface area contributed by atoms with E-state index >= 15 is 0 Å². The van der Waals surface area contributed by atoms with Crippen LogP contribution in [0.4, 0.5) is 0 Å². The fourth-order valence-electron chi connectivity index (χ4n) is 13.5. The van der Waals surface area contributed by atoms with E-state index in [0.29, 0.717) is 0 Å². The SMILES string of the molecule is CC(=O)N[C@H]1[C@H](O[C@H]2[C@H](O)[C@@H](NC(C)=O)C(O)O[C@@H]2CO[C@@H]2O[C@@H](C)[C@@H](O)[C@@H](O)[C@@H]2O)O[C@H](CO)[C@@H](O[C@@H]2O[C@H](CO)[C@@H](O)[C@H](O[C@H]3O[C@H](CO)[C@@H](O)[C@H](O)[C@@H]3O[C@@H]3O[C@H](CO)[C@@H](O[C@@H]4O[C@H](CO[C@]5(C(=O)O)C[C@H](O)[C@@H](NC(C)=O)[C@H]([C@H](O)[C@H](O)CO)O5)[C@H](O)[C@H](O)[C@H]4O)[C@H](O)[C@H]3NC(C)=O)[C@@H]2O)[C@@H]1O. The minimum Gasteiger partial charge on any atom is -0.477 e. The molecule has 8 aliphatic rings. The van der Waals surface area contributed by atoms with E-state index in [1.54, 1.807) is 0 Å². The fraction of sp³-hybridized carbons (Fsp3) is 0.915. The van der Waals surface area contributed by atoms with Crippen molar-refractivity contribution in [3.8, 4) is 0 Å². The molecule has 27 N–H and O–H groups in total. The number of carbonyl (C=O) groups is 5. The maximum absolute atomic E-state index is 12.9. The number of carbonyl (C=O) groups excluding carboxylic acids is 4. The summed E-state index contributed by atoms with van der Waals surface area (Å²) in [7, 11) is 0. The highest BCUT2D eigenvalue weighted by Gasteiger charge is 2.61. The molecule has 8 aliphatic heterocycles. The second-order valence-corrected chi connectivity index (χ2v) is 26.8. The smallest absolute Gasteiger partial charge is 0.364 e. The predicted molar refractivity (Wildman–Crippen MR) is 327 cm³/mol. The molecule has 0 saturated carbocycles. The zero-order valence-electron chi connectivity index (χ0n) is 57.2. The van der Waals surface area contributed by atoms with Gasteiger partial charge < -0.3 is 210 Å². The number of ether oxygens (including phenoxy) is 15. The van der Waals surface area contributed by atoms with E-state index < -0.39 is 333 Å². The molecule has 1 unspecified atom stereocenters. The van der Waals surface area contributed by atoms with Gasteiger partial charge in [-0.15, -0.1) is 0 Å². The molecule has 8 saturated heterocycles. The lowest BCUT2D eigenvalue weighted by atomic mass is 9.88. The molecule has 47 nitrogen and oxygen atoms in total. The average Bonchev–Trinajstić information content (AvgIpc) is 0.767. The summed E-state index contributed by atoms with van der Waals surface area (Å²) in [5, 5.41) is 262. The van der Waals surface area contributed by atoms with Crippen molar-refractivity contribution in [3.63, 3.8) is 0 Å². The monoisotopic (exact) mass is 1550 g/mol. The minimum absolute atomic E-state index is 0.783. The lowest BCUT2D eigenvalue weighted by Crippen LogP contribution is -2.71. The molecule has 0 spiro atoms. The van der Waals surface area contributed by atoms with Crippen molar-refractivity contribution >= 4 is 29.6 Å². The molecule has 0 aliphatic carbocycles. The lowest BCUT2D eigenvalue weighted by Gasteiger charge is -2.51. The van der Waals surface area contributed by atoms with Crippen LogP contribution in [0.25, 0.3) is 0 Å². The van der Waals surface area contributed by atoms with Gasteiger partial charge in [0.2, 0.25) is 23.6 Å². The largest absolute Gasteiger partial charge is 0.477 e. The molecule has 8 heterocycles. The molecule has 8 rings (SSSR count). The van der Waals surface area contributed by atoms with Crippen molar-refractivity contribution < 1.29 is 212 Å². The van der Waals surface area contributed by atoms with Gasteiger partial charge >= 0.3 is 5.97 Å². The van der Waals surface area contributed by atoms with E-state index in [0.717, 1.165) is 27.7 Å². The fourth-order valence-corrected chi connectivity index (χ4v) is 13.5. The minimum atomic E-state index is -3.04. The Morgan fingerprint density at radius 3 is 1.34 bits per heavy atom. The van der Waals surface area contributed by atoms with E-state index in [1.807, 2.05) is 0 Å². The van der Waals surface area contributed by atoms with E-state index in [9.17, 15) is 141 Å². The Morgan fingerprint density at radius 2 is 0.821 bits per heavy atom. The number of nitrogens with one attached hydrogen (secondary N) is 4. The zero-order chi connectivity index (χ0) is 78.6. The van der Waals surface area contributed by atoms with Gasteiger partial charge in [0.25, 0.3) is 5.79 Å². The first-order valence-corrected chi connectivity index (χ1v) is 33.6. The zero-order valence-corrected chi connectivity index (χ0v) is 57.2. The van der Waals surface area contributed by atoms with Crippen molar-refractivity contribution in [2.75, 3.05) is 46.2 Å². The summed E-state index contributed by atoms with van der Waals surface area (Å²) in [5.41, 5.74) is 0. The molecule has 0 aromatic carbocycles. The third-order valence-corrected chi connectivity index (χ3v) is 19.2. The number of carboxylic acid groups (broad SMARTS) is 1. The number of aliphatic hydroxyl groups is 22. The number of aliphatic carboxylic acids is 1. The number of amides is 4. The van der Waals surface area contributed by atoms with Gasteiger partial charge in [-0.05, 0) is 6.92 Å². The van der Waals surface area contributed by atoms with Crippen LogP contribution in [0.5, 0.6) is 0 Å². The third kappa shape index (κ3) is 19.3. The van der Waals surface area contributed by atoms with Crippen LogP contribution in [0.2, 0.25) is 0 Å². The molecule has 0 radical (unpaired) electrons. The number of aliphatic hydroxyl groups excluding tert-OH is 22. The first-order valence-electron chi connectivity index (χ1n) is 33.6. The summed E-state index contributed by atoms with van der Waals surface area (Å²) >= 11 is 0. The van der Waals surface area contributed by atoms with Crippen molar-refractivity contribution in [1.82, 2.24) is 21.3 Å². The van der Waals surface area contributed by atoms with Gasteiger partial charge in [0, 0.05) is 34.1 Å². The highest BCUT2D eigenvalue weighted by molar-refractivity contribution is 5.77. The molecule has 47 heteroatoms. The molecule has 4 amide bonds. The van der Waals surface area contributed by atoms with Crippen molar-refractivity contribution in [3.05, 3.63) is 0 Å². The van der Waals surface area contributed by atoms with Crippen LogP contribution in [-0.4, -0.2) is 444 Å². The van der Waals surface area contributed by atoms with Gasteiger partial charge in [-0.25, -0.2) is 4.79 Å². The van der Waals surface area contributed by atoms with Crippen LogP contribution in [0, 0.1) is 0 Å². The van der Waals surface area contributed by atoms with E-state index in [2.05, 4.69) is 21.3 Å². The van der Waals surface area contributed by atoms with Gasteiger partial charge in [0.15, 0.2) is 44.0 Å². The van der Waals surface area contributed by atoms with Gasteiger partial charge in [-0.1, -0.05) is 0 Å².